The van der Waals surface area contributed by atoms with E-state index >= 15 is 0 Å². The predicted octanol–water partition coefficient (Wildman–Crippen LogP) is 3.78. The van der Waals surface area contributed by atoms with Gasteiger partial charge in [-0.3, -0.25) is 4.98 Å². The quantitative estimate of drug-likeness (QED) is 0.771. The molecule has 0 unspecified atom stereocenters. The number of aryl methyl sites for hydroxylation is 2. The van der Waals surface area contributed by atoms with E-state index in [-0.39, 0.29) is 0 Å². The normalized spacial score (nSPS) is 11.6. The zero-order chi connectivity index (χ0) is 13.3. The van der Waals surface area contributed by atoms with Crippen LogP contribution in [0.15, 0.2) is 30.5 Å². The number of hydrogen-bond acceptors (Lipinski definition) is 2. The van der Waals surface area contributed by atoms with Gasteiger partial charge in [0.25, 0.3) is 0 Å². The molecule has 0 aromatic carbocycles. The third-order valence-corrected chi connectivity index (χ3v) is 2.61. The third-order valence-electron chi connectivity index (χ3n) is 2.61. The second-order valence-electron chi connectivity index (χ2n) is 4.00. The van der Waals surface area contributed by atoms with Gasteiger partial charge >= 0.3 is 6.18 Å². The molecule has 2 heterocycles. The molecule has 0 aliphatic rings. The Hall–Kier alpha value is -1.91. The number of nitrogens with zero attached hydrogens (tertiary/aromatic N) is 2. The molecule has 0 aliphatic carbocycles. The number of pyridine rings is 2. The maximum absolute atomic E-state index is 12.6. The van der Waals surface area contributed by atoms with E-state index in [2.05, 4.69) is 9.97 Å². The fourth-order valence-electron chi connectivity index (χ4n) is 1.87. The van der Waals surface area contributed by atoms with Crippen LogP contribution in [0.2, 0.25) is 0 Å². The van der Waals surface area contributed by atoms with Crippen LogP contribution in [0, 0.1) is 13.8 Å². The average molecular weight is 252 g/mol. The van der Waals surface area contributed by atoms with Crippen molar-refractivity contribution in [1.29, 1.82) is 0 Å². The van der Waals surface area contributed by atoms with Crippen LogP contribution < -0.4 is 0 Å². The van der Waals surface area contributed by atoms with Crippen molar-refractivity contribution in [3.05, 3.63) is 47.4 Å². The first kappa shape index (κ1) is 12.5. The van der Waals surface area contributed by atoms with Crippen molar-refractivity contribution >= 4 is 0 Å². The Balaban J connectivity index is 2.59. The molecule has 0 radical (unpaired) electrons. The van der Waals surface area contributed by atoms with E-state index in [0.717, 1.165) is 6.07 Å². The summed E-state index contributed by atoms with van der Waals surface area (Å²) in [6.07, 6.45) is -2.82. The SMILES string of the molecule is Cc1cc(C(F)(F)F)nc(C)c1-c1ccccn1. The van der Waals surface area contributed by atoms with E-state index in [4.69, 9.17) is 0 Å². The molecule has 18 heavy (non-hydrogen) atoms. The summed E-state index contributed by atoms with van der Waals surface area (Å²) in [7, 11) is 0. The molecule has 2 aromatic heterocycles. The highest BCUT2D eigenvalue weighted by molar-refractivity contribution is 5.65. The lowest BCUT2D eigenvalue weighted by Gasteiger charge is -2.12. The van der Waals surface area contributed by atoms with Crippen molar-refractivity contribution in [2.45, 2.75) is 20.0 Å². The van der Waals surface area contributed by atoms with Crippen molar-refractivity contribution in [3.63, 3.8) is 0 Å². The molecule has 0 amide bonds. The van der Waals surface area contributed by atoms with Gasteiger partial charge in [0, 0.05) is 17.5 Å². The monoisotopic (exact) mass is 252 g/mol. The predicted molar refractivity (Wildman–Crippen MR) is 61.9 cm³/mol. The Labute approximate surface area is 103 Å². The molecule has 2 rings (SSSR count). The summed E-state index contributed by atoms with van der Waals surface area (Å²) in [6, 6.07) is 6.35. The minimum atomic E-state index is -4.42. The lowest BCUT2D eigenvalue weighted by Crippen LogP contribution is -2.10. The number of rotatable bonds is 1. The number of halogens is 3. The first-order valence-corrected chi connectivity index (χ1v) is 5.36. The first-order valence-electron chi connectivity index (χ1n) is 5.36. The zero-order valence-corrected chi connectivity index (χ0v) is 9.92. The molecule has 0 bridgehead atoms. The molecule has 0 fully saturated rings. The van der Waals surface area contributed by atoms with Gasteiger partial charge in [0.15, 0.2) is 0 Å². The topological polar surface area (TPSA) is 25.8 Å². The second kappa shape index (κ2) is 4.40. The fraction of sp³-hybridized carbons (Fsp3) is 0.231. The van der Waals surface area contributed by atoms with E-state index in [1.165, 1.54) is 0 Å². The largest absolute Gasteiger partial charge is 0.433 e. The maximum atomic E-state index is 12.6. The fourth-order valence-corrected chi connectivity index (χ4v) is 1.87. The molecular weight excluding hydrogens is 241 g/mol. The number of hydrogen-bond donors (Lipinski definition) is 0. The summed E-state index contributed by atoms with van der Waals surface area (Å²) < 4.78 is 37.8. The van der Waals surface area contributed by atoms with Crippen LogP contribution in [0.5, 0.6) is 0 Å². The molecule has 0 saturated heterocycles. The summed E-state index contributed by atoms with van der Waals surface area (Å²) >= 11 is 0. The second-order valence-corrected chi connectivity index (χ2v) is 4.00. The van der Waals surface area contributed by atoms with Gasteiger partial charge in [-0.15, -0.1) is 0 Å². The standard InChI is InChI=1S/C13H11F3N2/c1-8-7-11(13(14,15)16)18-9(2)12(8)10-5-3-4-6-17-10/h3-7H,1-2H3. The average Bonchev–Trinajstić information content (AvgIpc) is 2.28. The Morgan fingerprint density at radius 3 is 2.33 bits per heavy atom. The van der Waals surface area contributed by atoms with E-state index in [9.17, 15) is 13.2 Å². The highest BCUT2D eigenvalue weighted by Crippen LogP contribution is 2.32. The van der Waals surface area contributed by atoms with Gasteiger partial charge in [0.2, 0.25) is 0 Å². The third kappa shape index (κ3) is 2.34. The van der Waals surface area contributed by atoms with Crippen molar-refractivity contribution < 1.29 is 13.2 Å². The smallest absolute Gasteiger partial charge is 0.256 e. The summed E-state index contributed by atoms with van der Waals surface area (Å²) in [4.78, 5) is 7.76. The van der Waals surface area contributed by atoms with Crippen LogP contribution in [0.25, 0.3) is 11.3 Å². The van der Waals surface area contributed by atoms with E-state index in [1.54, 1.807) is 38.2 Å². The van der Waals surface area contributed by atoms with Gasteiger partial charge in [0.1, 0.15) is 5.69 Å². The molecule has 0 N–H and O–H groups in total. The van der Waals surface area contributed by atoms with E-state index in [1.807, 2.05) is 0 Å². The van der Waals surface area contributed by atoms with E-state index in [0.29, 0.717) is 22.5 Å². The van der Waals surface area contributed by atoms with E-state index < -0.39 is 11.9 Å². The van der Waals surface area contributed by atoms with Gasteiger partial charge in [-0.2, -0.15) is 13.2 Å². The van der Waals surface area contributed by atoms with Gasteiger partial charge in [-0.25, -0.2) is 4.98 Å². The highest BCUT2D eigenvalue weighted by Gasteiger charge is 2.33. The lowest BCUT2D eigenvalue weighted by atomic mass is 10.0. The molecule has 0 saturated carbocycles. The van der Waals surface area contributed by atoms with Gasteiger partial charge in [-0.1, -0.05) is 6.07 Å². The summed E-state index contributed by atoms with van der Waals surface area (Å²) in [5, 5.41) is 0. The maximum Gasteiger partial charge on any atom is 0.433 e. The number of alkyl halides is 3. The summed E-state index contributed by atoms with van der Waals surface area (Å²) in [5.74, 6) is 0. The lowest BCUT2D eigenvalue weighted by molar-refractivity contribution is -0.141. The first-order chi connectivity index (χ1) is 8.39. The van der Waals surface area contributed by atoms with Crippen LogP contribution in [-0.4, -0.2) is 9.97 Å². The molecule has 5 heteroatoms. The molecular formula is C13H11F3N2. The zero-order valence-electron chi connectivity index (χ0n) is 9.92. The van der Waals surface area contributed by atoms with Crippen molar-refractivity contribution in [3.8, 4) is 11.3 Å². The molecule has 94 valence electrons. The van der Waals surface area contributed by atoms with Gasteiger partial charge < -0.3 is 0 Å². The van der Waals surface area contributed by atoms with Crippen LogP contribution in [0.4, 0.5) is 13.2 Å². The van der Waals surface area contributed by atoms with Gasteiger partial charge in [-0.05, 0) is 37.6 Å². The molecule has 0 spiro atoms. The van der Waals surface area contributed by atoms with Crippen LogP contribution in [-0.2, 0) is 6.18 Å². The Morgan fingerprint density at radius 1 is 1.11 bits per heavy atom. The summed E-state index contributed by atoms with van der Waals surface area (Å²) in [6.45, 7) is 3.19. The Kier molecular flexibility index (Phi) is 3.07. The van der Waals surface area contributed by atoms with Crippen molar-refractivity contribution in [2.24, 2.45) is 0 Å². The van der Waals surface area contributed by atoms with Crippen LogP contribution >= 0.6 is 0 Å². The molecule has 0 atom stereocenters. The Morgan fingerprint density at radius 2 is 1.83 bits per heavy atom. The van der Waals surface area contributed by atoms with Crippen molar-refractivity contribution in [1.82, 2.24) is 9.97 Å². The highest BCUT2D eigenvalue weighted by atomic mass is 19.4. The van der Waals surface area contributed by atoms with Gasteiger partial charge in [0.05, 0.1) is 5.69 Å². The van der Waals surface area contributed by atoms with Crippen LogP contribution in [0.1, 0.15) is 17.0 Å². The minimum Gasteiger partial charge on any atom is -0.256 e. The Bertz CT molecular complexity index is 539. The van der Waals surface area contributed by atoms with Crippen LogP contribution in [0.3, 0.4) is 0 Å². The van der Waals surface area contributed by atoms with Crippen molar-refractivity contribution in [2.75, 3.05) is 0 Å². The minimum absolute atomic E-state index is 0.334. The molecule has 0 aliphatic heterocycles. The molecule has 2 nitrogen and oxygen atoms in total. The number of aromatic nitrogens is 2. The summed E-state index contributed by atoms with van der Waals surface area (Å²) in [5.41, 5.74) is 1.28. The molecule has 2 aromatic rings.